The van der Waals surface area contributed by atoms with E-state index in [9.17, 15) is 0 Å². The number of hydrogen-bond acceptors (Lipinski definition) is 6. The fourth-order valence-electron chi connectivity index (χ4n) is 2.63. The van der Waals surface area contributed by atoms with Gasteiger partial charge in [0.2, 0.25) is 5.89 Å². The van der Waals surface area contributed by atoms with Crippen LogP contribution in [0.5, 0.6) is 0 Å². The third kappa shape index (κ3) is 3.54. The molecule has 2 heterocycles. The van der Waals surface area contributed by atoms with Crippen LogP contribution in [0, 0.1) is 0 Å². The van der Waals surface area contributed by atoms with E-state index in [0.29, 0.717) is 6.04 Å². The van der Waals surface area contributed by atoms with Gasteiger partial charge in [-0.3, -0.25) is 4.90 Å². The first-order chi connectivity index (χ1) is 9.67. The minimum Gasteiger partial charge on any atom is -0.339 e. The zero-order valence-electron chi connectivity index (χ0n) is 12.9. The number of nitrogens with one attached hydrogen (secondary N) is 1. The highest BCUT2D eigenvalue weighted by Crippen LogP contribution is 2.28. The fraction of sp³-hybridized carbons (Fsp3) is 0.857. The first-order valence-electron chi connectivity index (χ1n) is 7.52. The van der Waals surface area contributed by atoms with E-state index in [1.807, 2.05) is 11.8 Å². The van der Waals surface area contributed by atoms with Gasteiger partial charge in [-0.05, 0) is 20.0 Å². The first-order valence-corrected chi connectivity index (χ1v) is 8.67. The van der Waals surface area contributed by atoms with E-state index in [2.05, 4.69) is 48.2 Å². The van der Waals surface area contributed by atoms with E-state index in [1.165, 1.54) is 5.75 Å². The summed E-state index contributed by atoms with van der Waals surface area (Å²) in [4.78, 5) is 6.98. The zero-order valence-corrected chi connectivity index (χ0v) is 13.7. The van der Waals surface area contributed by atoms with E-state index in [1.54, 1.807) is 0 Å². The van der Waals surface area contributed by atoms with Crippen LogP contribution >= 0.6 is 11.8 Å². The summed E-state index contributed by atoms with van der Waals surface area (Å²) in [6, 6.07) is 0.685. The molecule has 0 aliphatic carbocycles. The lowest BCUT2D eigenvalue weighted by atomic mass is 9.99. The summed E-state index contributed by atoms with van der Waals surface area (Å²) in [5.74, 6) is 4.09. The number of nitrogens with zero attached hydrogens (tertiary/aromatic N) is 3. The van der Waals surface area contributed by atoms with Crippen LogP contribution in [-0.4, -0.2) is 52.7 Å². The van der Waals surface area contributed by atoms with Gasteiger partial charge < -0.3 is 9.84 Å². The molecule has 0 bridgehead atoms. The summed E-state index contributed by atoms with van der Waals surface area (Å²) < 4.78 is 5.52. The molecule has 0 saturated carbocycles. The summed E-state index contributed by atoms with van der Waals surface area (Å²) in [6.07, 6.45) is 1.06. The standard InChI is InChI=1S/C14H26N4OS/c1-5-11(15-6-2)10(3)14-16-13(17-19-14)12-9-20-8-7-18(12)4/h10-12,15H,5-9H2,1-4H3. The number of aromatic nitrogens is 2. The van der Waals surface area contributed by atoms with Crippen LogP contribution in [0.4, 0.5) is 0 Å². The number of likely N-dealkylation sites (N-methyl/N-ethyl adjacent to an activating group) is 1. The van der Waals surface area contributed by atoms with Crippen LogP contribution < -0.4 is 5.32 Å². The number of hydrogen-bond donors (Lipinski definition) is 1. The van der Waals surface area contributed by atoms with E-state index in [0.717, 1.165) is 37.0 Å². The number of rotatable bonds is 6. The first kappa shape index (κ1) is 15.8. The Morgan fingerprint density at radius 1 is 1.50 bits per heavy atom. The van der Waals surface area contributed by atoms with Gasteiger partial charge in [-0.2, -0.15) is 16.7 Å². The predicted octanol–water partition coefficient (Wildman–Crippen LogP) is 2.28. The van der Waals surface area contributed by atoms with Gasteiger partial charge in [0, 0.05) is 24.1 Å². The van der Waals surface area contributed by atoms with Crippen molar-refractivity contribution < 1.29 is 4.52 Å². The Bertz CT molecular complexity index is 412. The molecular weight excluding hydrogens is 272 g/mol. The molecule has 1 N–H and O–H groups in total. The molecular formula is C14H26N4OS. The van der Waals surface area contributed by atoms with E-state index < -0.39 is 0 Å². The van der Waals surface area contributed by atoms with Crippen molar-refractivity contribution in [1.82, 2.24) is 20.4 Å². The predicted molar refractivity (Wildman–Crippen MR) is 83.2 cm³/mol. The summed E-state index contributed by atoms with van der Waals surface area (Å²) >= 11 is 1.96. The average molecular weight is 298 g/mol. The van der Waals surface area contributed by atoms with Crippen LogP contribution in [0.15, 0.2) is 4.52 Å². The lowest BCUT2D eigenvalue weighted by Gasteiger charge is -2.29. The summed E-state index contributed by atoms with van der Waals surface area (Å²) in [5.41, 5.74) is 0. The fourth-order valence-corrected chi connectivity index (χ4v) is 3.85. The van der Waals surface area contributed by atoms with Crippen molar-refractivity contribution in [3.8, 4) is 0 Å². The highest BCUT2D eigenvalue weighted by molar-refractivity contribution is 7.99. The topological polar surface area (TPSA) is 54.2 Å². The molecule has 0 spiro atoms. The second-order valence-electron chi connectivity index (χ2n) is 5.42. The third-order valence-corrected chi connectivity index (χ3v) is 5.07. The van der Waals surface area contributed by atoms with E-state index in [-0.39, 0.29) is 12.0 Å². The highest BCUT2D eigenvalue weighted by Gasteiger charge is 2.28. The molecule has 20 heavy (non-hydrogen) atoms. The molecule has 3 atom stereocenters. The van der Waals surface area contributed by atoms with Crippen LogP contribution in [-0.2, 0) is 0 Å². The van der Waals surface area contributed by atoms with Crippen LogP contribution in [0.2, 0.25) is 0 Å². The smallest absolute Gasteiger partial charge is 0.231 e. The van der Waals surface area contributed by atoms with Gasteiger partial charge in [-0.15, -0.1) is 0 Å². The summed E-state index contributed by atoms with van der Waals surface area (Å²) in [5, 5.41) is 7.71. The molecule has 0 radical (unpaired) electrons. The maximum Gasteiger partial charge on any atom is 0.231 e. The molecule has 2 rings (SSSR count). The summed E-state index contributed by atoms with van der Waals surface area (Å²) in [7, 11) is 2.14. The molecule has 1 aliphatic heterocycles. The Balaban J connectivity index is 2.07. The molecule has 1 aromatic rings. The minimum absolute atomic E-state index is 0.253. The molecule has 114 valence electrons. The summed E-state index contributed by atoms with van der Waals surface area (Å²) in [6.45, 7) is 8.53. The van der Waals surface area contributed by atoms with Crippen molar-refractivity contribution in [2.45, 2.75) is 45.2 Å². The molecule has 1 saturated heterocycles. The van der Waals surface area contributed by atoms with Crippen molar-refractivity contribution in [2.75, 3.05) is 31.6 Å². The Kier molecular flexibility index (Phi) is 5.86. The lowest BCUT2D eigenvalue weighted by molar-refractivity contribution is 0.255. The van der Waals surface area contributed by atoms with Crippen molar-refractivity contribution in [2.24, 2.45) is 0 Å². The molecule has 1 fully saturated rings. The third-order valence-electron chi connectivity index (χ3n) is 4.05. The molecule has 6 heteroatoms. The Hall–Kier alpha value is -0.590. The van der Waals surface area contributed by atoms with Gasteiger partial charge in [0.15, 0.2) is 5.82 Å². The monoisotopic (exact) mass is 298 g/mol. The minimum atomic E-state index is 0.253. The average Bonchev–Trinajstić information content (AvgIpc) is 2.94. The van der Waals surface area contributed by atoms with Gasteiger partial charge in [-0.1, -0.05) is 25.9 Å². The van der Waals surface area contributed by atoms with Crippen LogP contribution in [0.3, 0.4) is 0 Å². The second kappa shape index (κ2) is 7.43. The molecule has 0 aromatic carbocycles. The maximum absolute atomic E-state index is 5.52. The van der Waals surface area contributed by atoms with Gasteiger partial charge in [-0.25, -0.2) is 0 Å². The Labute approximate surface area is 125 Å². The van der Waals surface area contributed by atoms with Crippen molar-refractivity contribution in [1.29, 1.82) is 0 Å². The van der Waals surface area contributed by atoms with Crippen LogP contribution in [0.25, 0.3) is 0 Å². The van der Waals surface area contributed by atoms with Gasteiger partial charge in [0.25, 0.3) is 0 Å². The lowest BCUT2D eigenvalue weighted by Crippen LogP contribution is -2.34. The van der Waals surface area contributed by atoms with Gasteiger partial charge in [0.1, 0.15) is 0 Å². The van der Waals surface area contributed by atoms with Gasteiger partial charge >= 0.3 is 0 Å². The molecule has 0 amide bonds. The maximum atomic E-state index is 5.52. The molecule has 1 aromatic heterocycles. The Morgan fingerprint density at radius 2 is 2.30 bits per heavy atom. The molecule has 1 aliphatic rings. The largest absolute Gasteiger partial charge is 0.339 e. The normalized spacial score (nSPS) is 23.7. The van der Waals surface area contributed by atoms with Crippen molar-refractivity contribution in [3.63, 3.8) is 0 Å². The second-order valence-corrected chi connectivity index (χ2v) is 6.57. The van der Waals surface area contributed by atoms with Crippen molar-refractivity contribution >= 4 is 11.8 Å². The quantitative estimate of drug-likeness (QED) is 0.869. The number of thioether (sulfide) groups is 1. The van der Waals surface area contributed by atoms with Crippen LogP contribution in [0.1, 0.15) is 50.9 Å². The van der Waals surface area contributed by atoms with Gasteiger partial charge in [0.05, 0.1) is 12.0 Å². The molecule has 5 nitrogen and oxygen atoms in total. The zero-order chi connectivity index (χ0) is 14.5. The molecule has 3 unspecified atom stereocenters. The highest BCUT2D eigenvalue weighted by atomic mass is 32.2. The van der Waals surface area contributed by atoms with E-state index in [4.69, 9.17) is 4.52 Å². The SMILES string of the molecule is CCNC(CC)C(C)c1nc(C2CSCCN2C)no1. The van der Waals surface area contributed by atoms with E-state index >= 15 is 0 Å². The Morgan fingerprint density at radius 3 is 2.95 bits per heavy atom. The van der Waals surface area contributed by atoms with Crippen molar-refractivity contribution in [3.05, 3.63) is 11.7 Å².